The Balaban J connectivity index is 1.84. The standard InChI is InChI=1S/C16H11ClN2O3S/c1-19-11-6-12-13(22-8-21-12)7-14(11)23-16(19)18-15(20)9-4-2-3-5-10(9)17/h2-7H,8H2,1H3. The third-order valence-electron chi connectivity index (χ3n) is 3.61. The second-order valence-electron chi connectivity index (χ2n) is 5.01. The maximum Gasteiger partial charge on any atom is 0.281 e. The third kappa shape index (κ3) is 2.40. The number of aromatic nitrogens is 1. The molecule has 3 aromatic rings. The van der Waals surface area contributed by atoms with Gasteiger partial charge in [0.25, 0.3) is 5.91 Å². The van der Waals surface area contributed by atoms with E-state index in [0.29, 0.717) is 26.9 Å². The van der Waals surface area contributed by atoms with Crippen molar-refractivity contribution in [2.75, 3.05) is 6.79 Å². The van der Waals surface area contributed by atoms with Crippen molar-refractivity contribution >= 4 is 39.1 Å². The third-order valence-corrected chi connectivity index (χ3v) is 5.03. The summed E-state index contributed by atoms with van der Waals surface area (Å²) in [4.78, 5) is 17.2. The van der Waals surface area contributed by atoms with E-state index in [-0.39, 0.29) is 12.7 Å². The zero-order chi connectivity index (χ0) is 16.0. The summed E-state index contributed by atoms with van der Waals surface area (Å²) in [7, 11) is 1.86. The van der Waals surface area contributed by atoms with Crippen molar-refractivity contribution in [3.05, 3.63) is 51.8 Å². The Hall–Kier alpha value is -2.31. The number of amides is 1. The fraction of sp³-hybridized carbons (Fsp3) is 0.125. The van der Waals surface area contributed by atoms with E-state index in [4.69, 9.17) is 21.1 Å². The maximum atomic E-state index is 12.4. The van der Waals surface area contributed by atoms with Gasteiger partial charge >= 0.3 is 0 Å². The summed E-state index contributed by atoms with van der Waals surface area (Å²) in [5, 5.41) is 0.394. The van der Waals surface area contributed by atoms with Crippen LogP contribution in [0.25, 0.3) is 10.2 Å². The van der Waals surface area contributed by atoms with Gasteiger partial charge in [-0.1, -0.05) is 35.1 Å². The van der Waals surface area contributed by atoms with Crippen LogP contribution in [0.5, 0.6) is 11.5 Å². The normalized spacial score (nSPS) is 13.7. The molecular formula is C16H11ClN2O3S. The zero-order valence-corrected chi connectivity index (χ0v) is 13.6. The minimum absolute atomic E-state index is 0.235. The summed E-state index contributed by atoms with van der Waals surface area (Å²) in [6, 6.07) is 10.7. The van der Waals surface area contributed by atoms with Crippen LogP contribution in [0.3, 0.4) is 0 Å². The summed E-state index contributed by atoms with van der Waals surface area (Å²) < 4.78 is 13.6. The molecule has 23 heavy (non-hydrogen) atoms. The summed E-state index contributed by atoms with van der Waals surface area (Å²) in [6.45, 7) is 0.235. The molecule has 0 fully saturated rings. The summed E-state index contributed by atoms with van der Waals surface area (Å²) in [5.41, 5.74) is 1.32. The van der Waals surface area contributed by atoms with E-state index < -0.39 is 0 Å². The van der Waals surface area contributed by atoms with Gasteiger partial charge in [0.05, 0.1) is 20.8 Å². The first-order valence-corrected chi connectivity index (χ1v) is 8.06. The molecule has 4 rings (SSSR count). The van der Waals surface area contributed by atoms with Crippen molar-refractivity contribution in [2.24, 2.45) is 12.0 Å². The number of carbonyl (C=O) groups is 1. The van der Waals surface area contributed by atoms with Gasteiger partial charge in [-0.25, -0.2) is 0 Å². The fourth-order valence-electron chi connectivity index (χ4n) is 2.41. The Labute approximate surface area is 140 Å². The van der Waals surface area contributed by atoms with E-state index in [9.17, 15) is 4.79 Å². The number of carbonyl (C=O) groups excluding carboxylic acids is 1. The van der Waals surface area contributed by atoms with Crippen LogP contribution in [0.1, 0.15) is 10.4 Å². The van der Waals surface area contributed by atoms with Crippen molar-refractivity contribution < 1.29 is 14.3 Å². The molecule has 0 radical (unpaired) electrons. The monoisotopic (exact) mass is 346 g/mol. The van der Waals surface area contributed by atoms with E-state index in [0.717, 1.165) is 10.2 Å². The summed E-state index contributed by atoms with van der Waals surface area (Å²) in [6.07, 6.45) is 0. The second-order valence-corrected chi connectivity index (χ2v) is 6.43. The number of hydrogen-bond donors (Lipinski definition) is 0. The predicted octanol–water partition coefficient (Wildman–Crippen LogP) is 3.36. The largest absolute Gasteiger partial charge is 0.454 e. The van der Waals surface area contributed by atoms with Gasteiger partial charge in [0, 0.05) is 19.2 Å². The Bertz CT molecular complexity index is 1010. The molecule has 2 aromatic carbocycles. The highest BCUT2D eigenvalue weighted by molar-refractivity contribution is 7.16. The number of fused-ring (bicyclic) bond motifs is 2. The topological polar surface area (TPSA) is 52.8 Å². The number of aryl methyl sites for hydroxylation is 1. The number of benzene rings is 2. The molecule has 5 nitrogen and oxygen atoms in total. The van der Waals surface area contributed by atoms with E-state index >= 15 is 0 Å². The van der Waals surface area contributed by atoms with E-state index in [1.54, 1.807) is 24.3 Å². The first kappa shape index (κ1) is 14.3. The first-order valence-electron chi connectivity index (χ1n) is 6.86. The highest BCUT2D eigenvalue weighted by atomic mass is 35.5. The molecular weight excluding hydrogens is 336 g/mol. The predicted molar refractivity (Wildman–Crippen MR) is 88.3 cm³/mol. The molecule has 0 atom stereocenters. The SMILES string of the molecule is Cn1c(=NC(=O)c2ccccc2Cl)sc2cc3c(cc21)OCO3. The lowest BCUT2D eigenvalue weighted by atomic mass is 10.2. The van der Waals surface area contributed by atoms with Crippen LogP contribution in [0.15, 0.2) is 41.4 Å². The molecule has 0 aliphatic carbocycles. The number of nitrogens with zero attached hydrogens (tertiary/aromatic N) is 2. The lowest BCUT2D eigenvalue weighted by Crippen LogP contribution is -2.13. The van der Waals surface area contributed by atoms with Gasteiger partial charge in [-0.05, 0) is 12.1 Å². The smallest absolute Gasteiger partial charge is 0.281 e. The molecule has 0 saturated carbocycles. The Kier molecular flexibility index (Phi) is 3.36. The Morgan fingerprint density at radius 2 is 2.00 bits per heavy atom. The van der Waals surface area contributed by atoms with Crippen LogP contribution in [0, 0.1) is 0 Å². The number of hydrogen-bond acceptors (Lipinski definition) is 4. The number of halogens is 1. The molecule has 1 aliphatic heterocycles. The van der Waals surface area contributed by atoms with Gasteiger partial charge in [0.2, 0.25) is 6.79 Å². The van der Waals surface area contributed by atoms with Gasteiger partial charge in [-0.2, -0.15) is 4.99 Å². The van der Waals surface area contributed by atoms with Crippen molar-refractivity contribution in [1.82, 2.24) is 4.57 Å². The minimum Gasteiger partial charge on any atom is -0.454 e. The zero-order valence-electron chi connectivity index (χ0n) is 12.1. The average molecular weight is 347 g/mol. The minimum atomic E-state index is -0.363. The molecule has 0 N–H and O–H groups in total. The molecule has 1 aromatic heterocycles. The van der Waals surface area contributed by atoms with Crippen molar-refractivity contribution in [1.29, 1.82) is 0 Å². The number of thiazole rings is 1. The van der Waals surface area contributed by atoms with E-state index in [1.165, 1.54) is 11.3 Å². The molecule has 1 amide bonds. The fourth-order valence-corrected chi connectivity index (χ4v) is 3.65. The molecule has 0 unspecified atom stereocenters. The molecule has 2 heterocycles. The van der Waals surface area contributed by atoms with Crippen LogP contribution in [0.2, 0.25) is 5.02 Å². The molecule has 0 saturated heterocycles. The Morgan fingerprint density at radius 3 is 2.78 bits per heavy atom. The summed E-state index contributed by atoms with van der Waals surface area (Å²) in [5.74, 6) is 1.05. The molecule has 7 heteroatoms. The van der Waals surface area contributed by atoms with Gasteiger partial charge in [0.1, 0.15) is 0 Å². The van der Waals surface area contributed by atoms with Crippen molar-refractivity contribution in [2.45, 2.75) is 0 Å². The highest BCUT2D eigenvalue weighted by Gasteiger charge is 2.17. The van der Waals surface area contributed by atoms with Crippen molar-refractivity contribution in [3.63, 3.8) is 0 Å². The van der Waals surface area contributed by atoms with Crippen LogP contribution < -0.4 is 14.3 Å². The van der Waals surface area contributed by atoms with Gasteiger partial charge in [-0.3, -0.25) is 4.79 Å². The van der Waals surface area contributed by atoms with Crippen LogP contribution in [-0.4, -0.2) is 17.3 Å². The molecule has 1 aliphatic rings. The van der Waals surface area contributed by atoms with E-state index in [2.05, 4.69) is 4.99 Å². The Morgan fingerprint density at radius 1 is 1.26 bits per heavy atom. The van der Waals surface area contributed by atoms with E-state index in [1.807, 2.05) is 23.7 Å². The van der Waals surface area contributed by atoms with Crippen LogP contribution >= 0.6 is 22.9 Å². The van der Waals surface area contributed by atoms with Crippen molar-refractivity contribution in [3.8, 4) is 11.5 Å². The molecule has 116 valence electrons. The quantitative estimate of drug-likeness (QED) is 0.679. The number of ether oxygens (including phenoxy) is 2. The first-order chi connectivity index (χ1) is 11.1. The molecule has 0 spiro atoms. The molecule has 0 bridgehead atoms. The summed E-state index contributed by atoms with van der Waals surface area (Å²) >= 11 is 7.47. The number of rotatable bonds is 1. The second kappa shape index (κ2) is 5.40. The lowest BCUT2D eigenvalue weighted by Gasteiger charge is -1.99. The lowest BCUT2D eigenvalue weighted by molar-refractivity contribution is 0.0998. The maximum absolute atomic E-state index is 12.4. The van der Waals surface area contributed by atoms with Gasteiger partial charge in [-0.15, -0.1) is 0 Å². The highest BCUT2D eigenvalue weighted by Crippen LogP contribution is 2.36. The van der Waals surface area contributed by atoms with Crippen LogP contribution in [-0.2, 0) is 7.05 Å². The van der Waals surface area contributed by atoms with Gasteiger partial charge < -0.3 is 14.0 Å². The van der Waals surface area contributed by atoms with Gasteiger partial charge in [0.15, 0.2) is 16.3 Å². The average Bonchev–Trinajstić information content (AvgIpc) is 3.11. The van der Waals surface area contributed by atoms with Crippen LogP contribution in [0.4, 0.5) is 0 Å².